The van der Waals surface area contributed by atoms with Crippen molar-refractivity contribution in [1.82, 2.24) is 12.9 Å². The fourth-order valence-corrected chi connectivity index (χ4v) is 9.23. The molecule has 0 aromatic heterocycles. The van der Waals surface area contributed by atoms with E-state index in [0.29, 0.717) is 72.7 Å². The van der Waals surface area contributed by atoms with Gasteiger partial charge in [-0.2, -0.15) is 0 Å². The predicted molar refractivity (Wildman–Crippen MR) is 205 cm³/mol. The lowest BCUT2D eigenvalue weighted by atomic mass is 9.85. The highest BCUT2D eigenvalue weighted by molar-refractivity contribution is 8.04. The van der Waals surface area contributed by atoms with Gasteiger partial charge in [-0.1, -0.05) is 129 Å². The van der Waals surface area contributed by atoms with Gasteiger partial charge in [-0.25, -0.2) is 12.9 Å². The van der Waals surface area contributed by atoms with Crippen molar-refractivity contribution in [1.29, 1.82) is 0 Å². The molecule has 6 rings (SSSR count). The van der Waals surface area contributed by atoms with E-state index in [1.807, 2.05) is 24.3 Å². The lowest BCUT2D eigenvalue weighted by Gasteiger charge is -2.24. The first-order chi connectivity index (χ1) is 23.1. The van der Waals surface area contributed by atoms with Crippen LogP contribution in [-0.2, 0) is 19.2 Å². The molecule has 1 aromatic carbocycles. The van der Waals surface area contributed by atoms with Crippen LogP contribution in [0.3, 0.4) is 0 Å². The van der Waals surface area contributed by atoms with E-state index in [1.54, 1.807) is 24.3 Å². The Bertz CT molecular complexity index is 1530. The third-order valence-corrected chi connectivity index (χ3v) is 13.5. The van der Waals surface area contributed by atoms with E-state index in [-0.39, 0.29) is 47.3 Å². The number of carbonyl (C=O) groups excluding carboxylic acids is 6. The summed E-state index contributed by atoms with van der Waals surface area (Å²) in [4.78, 5) is 70.5. The molecule has 272 valence electrons. The van der Waals surface area contributed by atoms with E-state index in [9.17, 15) is 28.8 Å². The Kier molecular flexibility index (Phi) is 14.8. The normalized spacial score (nSPS) is 24.7. The average molecular weight is 946 g/mol. The molecular weight excluding hydrogens is 925 g/mol. The Balaban J connectivity index is 0.000000169. The summed E-state index contributed by atoms with van der Waals surface area (Å²) in [6.45, 7) is 0. The third kappa shape index (κ3) is 10.2. The molecule has 1 aromatic rings. The van der Waals surface area contributed by atoms with Crippen molar-refractivity contribution in [3.63, 3.8) is 0 Å². The van der Waals surface area contributed by atoms with Gasteiger partial charge in [-0.15, -0.1) is 23.2 Å². The molecule has 0 N–H and O–H groups in total. The van der Waals surface area contributed by atoms with Gasteiger partial charge in [0.1, 0.15) is 0 Å². The van der Waals surface area contributed by atoms with Crippen LogP contribution >= 0.6 is 152 Å². The third-order valence-electron chi connectivity index (χ3n) is 7.55. The molecule has 2 saturated heterocycles. The number of nitrogens with zero attached hydrogens (tertiary/aromatic N) is 3. The van der Waals surface area contributed by atoms with Gasteiger partial charge >= 0.3 is 0 Å². The summed E-state index contributed by atoms with van der Waals surface area (Å²) in [5, 5.41) is 0. The number of hydrogen-bond acceptors (Lipinski definition) is 9. The zero-order valence-corrected chi connectivity index (χ0v) is 34.6. The molecule has 50 heavy (non-hydrogen) atoms. The summed E-state index contributed by atoms with van der Waals surface area (Å²) in [7, 11) is 0. The van der Waals surface area contributed by atoms with Gasteiger partial charge in [0.2, 0.25) is 27.3 Å². The van der Waals surface area contributed by atoms with Crippen LogP contribution in [0, 0.1) is 23.7 Å². The van der Waals surface area contributed by atoms with Gasteiger partial charge in [-0.3, -0.25) is 28.8 Å². The maximum Gasteiger partial charge on any atom is 0.271 e. The van der Waals surface area contributed by atoms with Crippen LogP contribution in [0.2, 0.25) is 0 Å². The van der Waals surface area contributed by atoms with Crippen molar-refractivity contribution in [2.75, 3.05) is 0 Å². The number of benzene rings is 1. The summed E-state index contributed by atoms with van der Waals surface area (Å²) < 4.78 is -2.21. The van der Waals surface area contributed by atoms with Crippen molar-refractivity contribution < 1.29 is 28.8 Å². The molecule has 0 radical (unpaired) electrons. The second-order valence-corrected chi connectivity index (χ2v) is 23.1. The fraction of sp³-hybridized carbons (Fsp3) is 0.429. The standard InChI is InChI=1S/C10H9Cl4NO2S.C9H8Cl3NO2S.C9H4Cl3NO2S/c11-9(12)10(13,14)18-15-7(16)5-3-1-2-4-6(5)8(15)17;2*10-9(11,12)16-13-7(14)5-3-1-2-4-6(5)8(13)15/h1-2,5-6,9H,3-4H2;1-2,5-6H,3-4H2;1-4H. The lowest BCUT2D eigenvalue weighted by Crippen LogP contribution is -2.31. The number of hydrogen-bond donors (Lipinski definition) is 0. The molecule has 6 amide bonds. The summed E-state index contributed by atoms with van der Waals surface area (Å²) in [6.07, 6.45) is 9.94. The molecule has 0 saturated carbocycles. The van der Waals surface area contributed by atoms with Crippen LogP contribution in [-0.4, -0.2) is 63.1 Å². The van der Waals surface area contributed by atoms with Crippen molar-refractivity contribution in [2.24, 2.45) is 23.7 Å². The SMILES string of the molecule is O=C1C2CC=CCC2C(=O)N1SC(Cl)(Cl)C(Cl)Cl.O=C1C2CC=CCC2C(=O)N1SC(Cl)(Cl)Cl.O=C1c2ccccc2C(=O)N1SC(Cl)(Cl)Cl. The molecule has 0 bridgehead atoms. The van der Waals surface area contributed by atoms with Crippen LogP contribution in [0.4, 0.5) is 0 Å². The number of allylic oxidation sites excluding steroid dienone is 4. The maximum atomic E-state index is 12.1. The minimum absolute atomic E-state index is 0.254. The molecule has 3 aliphatic heterocycles. The summed E-state index contributed by atoms with van der Waals surface area (Å²) in [5.41, 5.74) is 0.656. The van der Waals surface area contributed by atoms with E-state index in [2.05, 4.69) is 0 Å². The van der Waals surface area contributed by atoms with Crippen molar-refractivity contribution in [2.45, 2.75) is 40.4 Å². The molecule has 2 aliphatic carbocycles. The highest BCUT2D eigenvalue weighted by Crippen LogP contribution is 2.49. The summed E-state index contributed by atoms with van der Waals surface area (Å²) in [6, 6.07) is 6.48. The highest BCUT2D eigenvalue weighted by atomic mass is 35.6. The molecule has 2 fully saturated rings. The lowest BCUT2D eigenvalue weighted by molar-refractivity contribution is -0.134. The molecule has 9 nitrogen and oxygen atoms in total. The van der Waals surface area contributed by atoms with E-state index in [4.69, 9.17) is 116 Å². The Morgan fingerprint density at radius 2 is 0.820 bits per heavy atom. The first kappa shape index (κ1) is 42.8. The monoisotopic (exact) mass is 941 g/mol. The number of rotatable bonds is 5. The van der Waals surface area contributed by atoms with Crippen LogP contribution in [0.15, 0.2) is 48.6 Å². The van der Waals surface area contributed by atoms with Gasteiger partial charge in [-0.05, 0) is 37.8 Å². The van der Waals surface area contributed by atoms with E-state index >= 15 is 0 Å². The average Bonchev–Trinajstić information content (AvgIpc) is 3.53. The number of carbonyl (C=O) groups is 6. The van der Waals surface area contributed by atoms with Crippen molar-refractivity contribution >= 4 is 187 Å². The number of amides is 6. The van der Waals surface area contributed by atoms with Gasteiger partial charge in [0.25, 0.3) is 18.1 Å². The minimum atomic E-state index is -1.74. The van der Waals surface area contributed by atoms with Crippen molar-refractivity contribution in [3.8, 4) is 0 Å². The quantitative estimate of drug-likeness (QED) is 0.123. The summed E-state index contributed by atoms with van der Waals surface area (Å²) >= 11 is 58.2. The van der Waals surface area contributed by atoms with Crippen LogP contribution in [0.5, 0.6) is 0 Å². The van der Waals surface area contributed by atoms with Gasteiger partial charge in [0.05, 0.1) is 34.8 Å². The van der Waals surface area contributed by atoms with Crippen LogP contribution in [0.1, 0.15) is 46.4 Å². The maximum absolute atomic E-state index is 12.1. The van der Waals surface area contributed by atoms with Crippen LogP contribution in [0.25, 0.3) is 0 Å². The zero-order chi connectivity index (χ0) is 37.3. The zero-order valence-electron chi connectivity index (χ0n) is 24.6. The second kappa shape index (κ2) is 17.3. The van der Waals surface area contributed by atoms with Crippen molar-refractivity contribution in [3.05, 3.63) is 59.7 Å². The molecule has 5 aliphatic rings. The molecule has 22 heteroatoms. The topological polar surface area (TPSA) is 112 Å². The van der Waals surface area contributed by atoms with Gasteiger partial charge < -0.3 is 0 Å². The number of imide groups is 3. The van der Waals surface area contributed by atoms with E-state index in [1.165, 1.54) is 0 Å². The molecule has 4 unspecified atom stereocenters. The number of alkyl halides is 10. The molecule has 3 heterocycles. The second-order valence-electron chi connectivity index (χ2n) is 10.7. The van der Waals surface area contributed by atoms with Gasteiger partial charge in [0.15, 0.2) is 4.84 Å². The first-order valence-corrected chi connectivity index (χ1v) is 20.3. The minimum Gasteiger partial charge on any atom is -0.273 e. The van der Waals surface area contributed by atoms with E-state index in [0.717, 1.165) is 12.9 Å². The Morgan fingerprint density at radius 3 is 1.12 bits per heavy atom. The molecule has 0 spiro atoms. The Morgan fingerprint density at radius 1 is 0.520 bits per heavy atom. The smallest absolute Gasteiger partial charge is 0.271 e. The summed E-state index contributed by atoms with van der Waals surface area (Å²) in [5.74, 6) is -3.18. The molecular formula is C28H21Cl10N3O6S3. The Hall–Kier alpha value is 0.0700. The highest BCUT2D eigenvalue weighted by Gasteiger charge is 2.52. The number of fused-ring (bicyclic) bond motifs is 3. The number of halogens is 10. The largest absolute Gasteiger partial charge is 0.273 e. The van der Waals surface area contributed by atoms with E-state index < -0.39 is 26.6 Å². The Labute approximate surface area is 349 Å². The van der Waals surface area contributed by atoms with Crippen LogP contribution < -0.4 is 0 Å². The molecule has 4 atom stereocenters. The predicted octanol–water partition coefficient (Wildman–Crippen LogP) is 9.69. The van der Waals surface area contributed by atoms with Gasteiger partial charge in [0, 0.05) is 35.8 Å². The first-order valence-electron chi connectivity index (χ1n) is 14.0. The fourth-order valence-electron chi connectivity index (χ4n) is 5.34.